The number of nitrogens with zero attached hydrogens (tertiary/aromatic N) is 1. The molecule has 7 heteroatoms. The van der Waals surface area contributed by atoms with E-state index in [-0.39, 0.29) is 6.54 Å². The van der Waals surface area contributed by atoms with Gasteiger partial charge >= 0.3 is 5.97 Å². The molecule has 1 rings (SSSR count). The number of aromatic amines is 1. The van der Waals surface area contributed by atoms with Crippen molar-refractivity contribution < 1.29 is 9.90 Å². The van der Waals surface area contributed by atoms with E-state index in [1.54, 1.807) is 0 Å². The molecule has 0 saturated carbocycles. The molecule has 0 aliphatic carbocycles. The van der Waals surface area contributed by atoms with Crippen LogP contribution in [-0.4, -0.2) is 26.2 Å². The van der Waals surface area contributed by atoms with E-state index >= 15 is 0 Å². The maximum Gasteiger partial charge on any atom is 0.323 e. The first-order chi connectivity index (χ1) is 6.50. The van der Waals surface area contributed by atoms with Crippen molar-refractivity contribution >= 4 is 17.6 Å². The number of alkyl halides is 1. The second-order valence-corrected chi connectivity index (χ2v) is 3.09. The van der Waals surface area contributed by atoms with Crippen LogP contribution in [-0.2, 0) is 11.3 Å². The highest BCUT2D eigenvalue weighted by molar-refractivity contribution is 6.29. The highest BCUT2D eigenvalue weighted by atomic mass is 35.5. The van der Waals surface area contributed by atoms with Gasteiger partial charge in [-0.05, 0) is 0 Å². The molecule has 0 saturated heterocycles. The van der Waals surface area contributed by atoms with Gasteiger partial charge in [0.1, 0.15) is 0 Å². The summed E-state index contributed by atoms with van der Waals surface area (Å²) in [6, 6.07) is 2.10. The molecule has 6 nitrogen and oxygen atoms in total. The average Bonchev–Trinajstić information content (AvgIpc) is 2.11. The summed E-state index contributed by atoms with van der Waals surface area (Å²) in [6.45, 7) is -0.272. The summed E-state index contributed by atoms with van der Waals surface area (Å²) in [4.78, 5) is 32.2. The largest absolute Gasteiger partial charge is 0.480 e. The monoisotopic (exact) mass is 218 g/mol. The zero-order chi connectivity index (χ0) is 10.7. The molecule has 1 heterocycles. The fraction of sp³-hybridized carbons (Fsp3) is 0.286. The number of carboxylic acid groups (broad SMARTS) is 1. The molecule has 1 aromatic rings. The maximum atomic E-state index is 11.1. The summed E-state index contributed by atoms with van der Waals surface area (Å²) in [5.74, 6) is -1.25. The fourth-order valence-corrected chi connectivity index (χ4v) is 0.974. The van der Waals surface area contributed by atoms with E-state index in [0.717, 1.165) is 16.8 Å². The molecule has 0 amide bonds. The summed E-state index contributed by atoms with van der Waals surface area (Å²) in [5, 5.41) is 9.38. The Balaban J connectivity index is 2.97. The van der Waals surface area contributed by atoms with Gasteiger partial charge in [0.15, 0.2) is 5.38 Å². The van der Waals surface area contributed by atoms with E-state index in [1.165, 1.54) is 0 Å². The van der Waals surface area contributed by atoms with Crippen LogP contribution in [0.5, 0.6) is 0 Å². The third-order valence-electron chi connectivity index (χ3n) is 1.50. The van der Waals surface area contributed by atoms with E-state index in [1.807, 2.05) is 0 Å². The van der Waals surface area contributed by atoms with Crippen molar-refractivity contribution in [3.63, 3.8) is 0 Å². The molecule has 76 valence electrons. The number of aromatic nitrogens is 2. The molecule has 14 heavy (non-hydrogen) atoms. The third kappa shape index (κ3) is 2.46. The number of hydrogen-bond donors (Lipinski definition) is 2. The van der Waals surface area contributed by atoms with Gasteiger partial charge in [0.2, 0.25) is 0 Å². The van der Waals surface area contributed by atoms with Crippen LogP contribution in [0.4, 0.5) is 0 Å². The number of hydrogen-bond acceptors (Lipinski definition) is 3. The second-order valence-electron chi connectivity index (χ2n) is 2.56. The predicted molar refractivity (Wildman–Crippen MR) is 48.6 cm³/mol. The first-order valence-corrected chi connectivity index (χ1v) is 4.11. The molecule has 0 aromatic carbocycles. The van der Waals surface area contributed by atoms with Crippen molar-refractivity contribution in [2.24, 2.45) is 0 Å². The number of halogens is 1. The summed E-state index contributed by atoms with van der Waals surface area (Å²) in [5.41, 5.74) is -0.990. The summed E-state index contributed by atoms with van der Waals surface area (Å²) in [7, 11) is 0. The molecule has 0 fully saturated rings. The Kier molecular flexibility index (Phi) is 3.08. The topological polar surface area (TPSA) is 92.2 Å². The summed E-state index contributed by atoms with van der Waals surface area (Å²) < 4.78 is 0.855. The molecule has 2 N–H and O–H groups in total. The fourth-order valence-electron chi connectivity index (χ4n) is 0.836. The minimum atomic E-state index is -1.25. The van der Waals surface area contributed by atoms with Gasteiger partial charge in [0, 0.05) is 12.1 Å². The smallest absolute Gasteiger partial charge is 0.323 e. The van der Waals surface area contributed by atoms with Crippen LogP contribution in [0.2, 0.25) is 0 Å². The highest BCUT2D eigenvalue weighted by Crippen LogP contribution is 1.96. The quantitative estimate of drug-likeness (QED) is 0.652. The van der Waals surface area contributed by atoms with E-state index in [9.17, 15) is 14.4 Å². The Hall–Kier alpha value is -1.56. The van der Waals surface area contributed by atoms with Gasteiger partial charge in [-0.2, -0.15) is 0 Å². The van der Waals surface area contributed by atoms with Crippen LogP contribution in [0.25, 0.3) is 0 Å². The molecule has 0 aliphatic rings. The number of aliphatic carboxylic acids is 1. The Morgan fingerprint density at radius 1 is 1.57 bits per heavy atom. The molecule has 0 bridgehead atoms. The summed E-state index contributed by atoms with van der Waals surface area (Å²) in [6.07, 6.45) is 0. The molecule has 1 unspecified atom stereocenters. The first kappa shape index (κ1) is 10.5. The highest BCUT2D eigenvalue weighted by Gasteiger charge is 2.14. The molecule has 1 aromatic heterocycles. The van der Waals surface area contributed by atoms with E-state index in [0.29, 0.717) is 0 Å². The zero-order valence-electron chi connectivity index (χ0n) is 6.94. The molecule has 0 aliphatic heterocycles. The van der Waals surface area contributed by atoms with E-state index in [2.05, 4.69) is 5.10 Å². The second kappa shape index (κ2) is 4.10. The Bertz CT molecular complexity index is 449. The molecule has 0 spiro atoms. The minimum Gasteiger partial charge on any atom is -0.480 e. The number of carboxylic acids is 1. The maximum absolute atomic E-state index is 11.1. The lowest BCUT2D eigenvalue weighted by molar-refractivity contribution is -0.136. The van der Waals surface area contributed by atoms with Crippen molar-refractivity contribution in [2.75, 3.05) is 0 Å². The number of nitrogens with one attached hydrogen (secondary N) is 1. The summed E-state index contributed by atoms with van der Waals surface area (Å²) >= 11 is 5.39. The van der Waals surface area contributed by atoms with Gasteiger partial charge in [-0.15, -0.1) is 11.6 Å². The Morgan fingerprint density at radius 3 is 2.79 bits per heavy atom. The lowest BCUT2D eigenvalue weighted by Gasteiger charge is -2.06. The van der Waals surface area contributed by atoms with Crippen molar-refractivity contribution in [3.05, 3.63) is 32.8 Å². The van der Waals surface area contributed by atoms with Crippen LogP contribution in [0.1, 0.15) is 0 Å². The van der Waals surface area contributed by atoms with Gasteiger partial charge < -0.3 is 5.11 Å². The van der Waals surface area contributed by atoms with Crippen LogP contribution in [0.3, 0.4) is 0 Å². The van der Waals surface area contributed by atoms with Crippen LogP contribution in [0, 0.1) is 0 Å². The van der Waals surface area contributed by atoms with E-state index < -0.39 is 22.5 Å². The van der Waals surface area contributed by atoms with Crippen molar-refractivity contribution in [1.29, 1.82) is 0 Å². The SMILES string of the molecule is O=C(O)C(Cl)Cn1[nH]c(=O)ccc1=O. The Labute approximate surface area is 82.7 Å². The minimum absolute atomic E-state index is 0.272. The molecular weight excluding hydrogens is 212 g/mol. The average molecular weight is 219 g/mol. The van der Waals surface area contributed by atoms with Gasteiger partial charge in [0.05, 0.1) is 6.54 Å². The van der Waals surface area contributed by atoms with Crippen molar-refractivity contribution in [2.45, 2.75) is 11.9 Å². The predicted octanol–water partition coefficient (Wildman–Crippen LogP) is -0.771. The van der Waals surface area contributed by atoms with Gasteiger partial charge in [-0.1, -0.05) is 0 Å². The lowest BCUT2D eigenvalue weighted by atomic mass is 10.4. The van der Waals surface area contributed by atoms with Crippen molar-refractivity contribution in [1.82, 2.24) is 9.78 Å². The van der Waals surface area contributed by atoms with Crippen LogP contribution in [0.15, 0.2) is 21.7 Å². The number of H-pyrrole nitrogens is 1. The third-order valence-corrected chi connectivity index (χ3v) is 1.82. The number of rotatable bonds is 3. The van der Waals surface area contributed by atoms with Gasteiger partial charge in [0.25, 0.3) is 11.1 Å². The molecular formula is C7H7ClN2O4. The Morgan fingerprint density at radius 2 is 2.21 bits per heavy atom. The molecule has 1 atom stereocenters. The van der Waals surface area contributed by atoms with Gasteiger partial charge in [-0.3, -0.25) is 19.5 Å². The standard InChI is InChI=1S/C7H7ClN2O4/c8-4(7(13)14)3-10-6(12)2-1-5(11)9-10/h1-2,4H,3H2,(H,9,11)(H,13,14). The normalized spacial score (nSPS) is 12.4. The van der Waals surface area contributed by atoms with Gasteiger partial charge in [-0.25, -0.2) is 4.68 Å². The number of carbonyl (C=O) groups is 1. The molecule has 0 radical (unpaired) electrons. The van der Waals surface area contributed by atoms with Crippen molar-refractivity contribution in [3.8, 4) is 0 Å². The lowest BCUT2D eigenvalue weighted by Crippen LogP contribution is -2.33. The van der Waals surface area contributed by atoms with Crippen LogP contribution < -0.4 is 11.1 Å². The van der Waals surface area contributed by atoms with E-state index in [4.69, 9.17) is 16.7 Å². The van der Waals surface area contributed by atoms with Crippen LogP contribution >= 0.6 is 11.6 Å². The first-order valence-electron chi connectivity index (χ1n) is 3.68. The zero-order valence-corrected chi connectivity index (χ0v) is 7.69.